The maximum absolute atomic E-state index is 5.94. The van der Waals surface area contributed by atoms with Crippen LogP contribution < -0.4 is 32.3 Å². The first-order chi connectivity index (χ1) is 8.31. The van der Waals surface area contributed by atoms with Crippen molar-refractivity contribution < 1.29 is 21.2 Å². The van der Waals surface area contributed by atoms with Gasteiger partial charge < -0.3 is 0 Å². The van der Waals surface area contributed by atoms with Gasteiger partial charge in [0.15, 0.2) is 0 Å². The molecule has 0 spiro atoms. The normalized spacial score (nSPS) is 20.4. The molecule has 3 N–H and O–H groups in total. The number of rotatable bonds is 2. The van der Waals surface area contributed by atoms with Crippen molar-refractivity contribution in [2.45, 2.75) is 12.5 Å². The molecule has 2 aromatic rings. The zero-order valence-corrected chi connectivity index (χ0v) is 11.7. The first-order valence-electron chi connectivity index (χ1n) is 5.50. The fourth-order valence-electron chi connectivity index (χ4n) is 2.19. The molecule has 0 saturated carbocycles. The summed E-state index contributed by atoms with van der Waals surface area (Å²) in [4.78, 5) is 10.6. The predicted octanol–water partition coefficient (Wildman–Crippen LogP) is -3.17. The van der Waals surface area contributed by atoms with Crippen LogP contribution in [-0.4, -0.2) is 37.8 Å². The van der Waals surface area contributed by atoms with Gasteiger partial charge in [0.1, 0.15) is 0 Å². The van der Waals surface area contributed by atoms with Gasteiger partial charge in [0.05, 0.1) is 0 Å². The van der Waals surface area contributed by atoms with Crippen LogP contribution in [0.2, 0.25) is 0 Å². The van der Waals surface area contributed by atoms with E-state index in [1.54, 1.807) is 0 Å². The summed E-state index contributed by atoms with van der Waals surface area (Å²) in [6.45, 7) is 2.01. The monoisotopic (exact) mass is 345 g/mol. The van der Waals surface area contributed by atoms with Crippen molar-refractivity contribution in [2.24, 2.45) is 0 Å². The van der Waals surface area contributed by atoms with Gasteiger partial charge in [-0.3, -0.25) is 0 Å². The van der Waals surface area contributed by atoms with Crippen LogP contribution in [0.4, 0.5) is 5.82 Å². The molecule has 0 aromatic carbocycles. The average Bonchev–Trinajstić information content (AvgIpc) is 2.95. The third kappa shape index (κ3) is 1.77. The van der Waals surface area contributed by atoms with Crippen molar-refractivity contribution in [3.8, 4) is 0 Å². The number of nitrogens with one attached hydrogen (secondary N) is 1. The summed E-state index contributed by atoms with van der Waals surface area (Å²) in [5.41, 5.74) is 6.83. The fourth-order valence-corrected chi connectivity index (χ4v) is 3.69. The predicted molar refractivity (Wildman–Crippen MR) is 60.9 cm³/mol. The molecular formula is C10H14IN6-. The Morgan fingerprint density at radius 3 is 3.12 bits per heavy atom. The summed E-state index contributed by atoms with van der Waals surface area (Å²) in [7, 11) is 0. The van der Waals surface area contributed by atoms with Gasteiger partial charge in [-0.25, -0.2) is 0 Å². The number of nitrogens with two attached hydrogens (primary N) is 1. The molecule has 0 radical (unpaired) electrons. The Labute approximate surface area is 109 Å². The van der Waals surface area contributed by atoms with Gasteiger partial charge in [0, 0.05) is 0 Å². The minimum atomic E-state index is -0.117. The fraction of sp³-hybridized carbons (Fsp3) is 0.500. The Morgan fingerprint density at radius 2 is 2.41 bits per heavy atom. The Morgan fingerprint density at radius 1 is 1.53 bits per heavy atom. The van der Waals surface area contributed by atoms with Gasteiger partial charge in [-0.2, -0.15) is 0 Å². The molecule has 0 amide bonds. The molecule has 7 heteroatoms. The molecule has 3 rings (SSSR count). The molecule has 3 heterocycles. The average molecular weight is 345 g/mol. The Balaban J connectivity index is 2.21. The first kappa shape index (κ1) is 11.1. The van der Waals surface area contributed by atoms with E-state index in [1.807, 2.05) is 4.68 Å². The van der Waals surface area contributed by atoms with Gasteiger partial charge in [-0.1, -0.05) is 0 Å². The third-order valence-electron chi connectivity index (χ3n) is 3.03. The second-order valence-electron chi connectivity index (χ2n) is 4.03. The molecule has 17 heavy (non-hydrogen) atoms. The number of alkyl halides is 1. The van der Waals surface area contributed by atoms with Crippen LogP contribution in [0.25, 0.3) is 11.0 Å². The van der Waals surface area contributed by atoms with Crippen LogP contribution >= 0.6 is 0 Å². The molecule has 1 atom stereocenters. The van der Waals surface area contributed by atoms with Crippen LogP contribution in [0, 0.1) is 3.70 Å². The van der Waals surface area contributed by atoms with Gasteiger partial charge in [-0.05, 0) is 0 Å². The van der Waals surface area contributed by atoms with Crippen LogP contribution in [-0.2, 0) is 0 Å². The Hall–Kier alpha value is -0.960. The molecular weight excluding hydrogens is 331 g/mol. The molecule has 0 unspecified atom stereocenters. The van der Waals surface area contributed by atoms with Gasteiger partial charge in [0.2, 0.25) is 0 Å². The van der Waals surface area contributed by atoms with Crippen LogP contribution in [0.1, 0.15) is 12.5 Å². The van der Waals surface area contributed by atoms with E-state index in [0.29, 0.717) is 11.9 Å². The number of aromatic nitrogens is 4. The summed E-state index contributed by atoms with van der Waals surface area (Å²) >= 11 is -0.117. The molecule has 0 aliphatic carbocycles. The second kappa shape index (κ2) is 4.37. The maximum atomic E-state index is 5.94. The Bertz CT molecular complexity index is 545. The zero-order valence-electron chi connectivity index (χ0n) is 9.52. The number of halogens is 1. The second-order valence-corrected chi connectivity index (χ2v) is 6.13. The summed E-state index contributed by atoms with van der Waals surface area (Å²) in [6.07, 6.45) is 2.62. The zero-order chi connectivity index (χ0) is 11.8. The number of hydrogen-bond acceptors (Lipinski definition) is 5. The number of fused-ring (bicyclic) bond motifs is 1. The van der Waals surface area contributed by atoms with E-state index in [1.165, 1.54) is 6.33 Å². The molecule has 6 nitrogen and oxygen atoms in total. The van der Waals surface area contributed by atoms with Crippen LogP contribution in [0.3, 0.4) is 0 Å². The Kier molecular flexibility index (Phi) is 2.87. The van der Waals surface area contributed by atoms with Gasteiger partial charge in [-0.15, -0.1) is 0 Å². The standard InChI is InChI=1S/C10H14IN6/c1-11-8-7-9(12)14-5-15-10(7)17(16-8)6-2-3-13-4-6/h5-6,13H,2-4H2,1H3,(H2,12,14,15)/q-1/t6-/m1/s1. The van der Waals surface area contributed by atoms with E-state index >= 15 is 0 Å². The topological polar surface area (TPSA) is 81.7 Å². The van der Waals surface area contributed by atoms with Crippen molar-refractivity contribution >= 4 is 16.9 Å². The first-order valence-corrected chi connectivity index (χ1v) is 8.73. The SMILES string of the molecule is C[I-]c1nn([C@@H]2CCNC2)c2ncnc(N)c12. The summed E-state index contributed by atoms with van der Waals surface area (Å²) in [5.74, 6) is 0.559. The number of nitrogen functional groups attached to an aromatic ring is 1. The third-order valence-corrected chi connectivity index (χ3v) is 4.81. The van der Waals surface area contributed by atoms with Crippen molar-refractivity contribution in [3.63, 3.8) is 0 Å². The summed E-state index contributed by atoms with van der Waals surface area (Å²) in [5, 5.41) is 9.01. The minimum absolute atomic E-state index is 0.117. The van der Waals surface area contributed by atoms with E-state index in [2.05, 4.69) is 20.2 Å². The molecule has 2 aromatic heterocycles. The molecule has 1 aliphatic heterocycles. The summed E-state index contributed by atoms with van der Waals surface area (Å²) < 4.78 is 3.13. The molecule has 1 saturated heterocycles. The van der Waals surface area contributed by atoms with Gasteiger partial charge in [0.25, 0.3) is 0 Å². The van der Waals surface area contributed by atoms with E-state index in [4.69, 9.17) is 10.8 Å². The van der Waals surface area contributed by atoms with E-state index in [-0.39, 0.29) is 21.2 Å². The molecule has 1 aliphatic rings. The number of anilines is 1. The van der Waals surface area contributed by atoms with Crippen molar-refractivity contribution in [1.29, 1.82) is 0 Å². The van der Waals surface area contributed by atoms with Crippen molar-refractivity contribution in [2.75, 3.05) is 23.8 Å². The molecule has 92 valence electrons. The van der Waals surface area contributed by atoms with Crippen molar-refractivity contribution in [1.82, 2.24) is 25.1 Å². The van der Waals surface area contributed by atoms with E-state index in [0.717, 1.165) is 34.2 Å². The van der Waals surface area contributed by atoms with Crippen LogP contribution in [0.15, 0.2) is 6.33 Å². The summed E-state index contributed by atoms with van der Waals surface area (Å²) in [6, 6.07) is 0.399. The number of hydrogen-bond donors (Lipinski definition) is 2. The number of nitrogens with zero attached hydrogens (tertiary/aromatic N) is 4. The molecule has 0 bridgehead atoms. The van der Waals surface area contributed by atoms with Gasteiger partial charge >= 0.3 is 109 Å². The van der Waals surface area contributed by atoms with E-state index < -0.39 is 0 Å². The van der Waals surface area contributed by atoms with Crippen LogP contribution in [0.5, 0.6) is 0 Å². The molecule has 1 fully saturated rings. The quantitative estimate of drug-likeness (QED) is 0.444. The van der Waals surface area contributed by atoms with E-state index in [9.17, 15) is 0 Å². The van der Waals surface area contributed by atoms with Crippen molar-refractivity contribution in [3.05, 3.63) is 10.0 Å².